The van der Waals surface area contributed by atoms with Crippen LogP contribution in [0.1, 0.15) is 5.56 Å². The van der Waals surface area contributed by atoms with Crippen molar-refractivity contribution in [3.05, 3.63) is 35.9 Å². The molecule has 0 fully saturated rings. The molecule has 112 valence electrons. The van der Waals surface area contributed by atoms with Crippen molar-refractivity contribution in [2.24, 2.45) is 0 Å². The smallest absolute Gasteiger partial charge is 0.416 e. The lowest BCUT2D eigenvalue weighted by Crippen LogP contribution is -2.07. The minimum atomic E-state index is -4.50. The molecular formula is C14H13F3N2O2. The van der Waals surface area contributed by atoms with Crippen molar-refractivity contribution in [2.45, 2.75) is 6.18 Å². The Bertz CT molecular complexity index is 657. The second-order valence-corrected chi connectivity index (χ2v) is 4.20. The summed E-state index contributed by atoms with van der Waals surface area (Å²) in [5.41, 5.74) is 5.04. The van der Waals surface area contributed by atoms with Gasteiger partial charge in [-0.1, -0.05) is 6.07 Å². The van der Waals surface area contributed by atoms with Gasteiger partial charge in [0.1, 0.15) is 5.82 Å². The van der Waals surface area contributed by atoms with Crippen molar-refractivity contribution in [2.75, 3.05) is 20.0 Å². The van der Waals surface area contributed by atoms with Crippen LogP contribution in [0.25, 0.3) is 11.3 Å². The van der Waals surface area contributed by atoms with E-state index in [-0.39, 0.29) is 11.5 Å². The molecule has 1 heterocycles. The highest BCUT2D eigenvalue weighted by atomic mass is 19.4. The Labute approximate surface area is 119 Å². The van der Waals surface area contributed by atoms with Crippen molar-refractivity contribution in [1.29, 1.82) is 0 Å². The van der Waals surface area contributed by atoms with Gasteiger partial charge in [-0.05, 0) is 24.3 Å². The highest BCUT2D eigenvalue weighted by molar-refractivity contribution is 5.72. The zero-order chi connectivity index (χ0) is 15.6. The number of pyridine rings is 1. The molecule has 0 aliphatic heterocycles. The third kappa shape index (κ3) is 3.01. The van der Waals surface area contributed by atoms with Gasteiger partial charge in [-0.2, -0.15) is 13.2 Å². The SMILES string of the molecule is COc1cccc(-c2cc(C(F)(F)F)cc(N)n2)c1OC. The molecule has 7 heteroatoms. The number of halogens is 3. The Kier molecular flexibility index (Phi) is 3.93. The number of hydrogen-bond donors (Lipinski definition) is 1. The van der Waals surface area contributed by atoms with Crippen LogP contribution in [0, 0.1) is 0 Å². The van der Waals surface area contributed by atoms with Gasteiger partial charge in [0.15, 0.2) is 11.5 Å². The molecule has 0 saturated heterocycles. The lowest BCUT2D eigenvalue weighted by molar-refractivity contribution is -0.137. The molecule has 21 heavy (non-hydrogen) atoms. The second kappa shape index (κ2) is 5.51. The lowest BCUT2D eigenvalue weighted by atomic mass is 10.1. The summed E-state index contributed by atoms with van der Waals surface area (Å²) in [5.74, 6) is 0.476. The number of methoxy groups -OCH3 is 2. The van der Waals surface area contributed by atoms with Gasteiger partial charge < -0.3 is 15.2 Å². The summed E-state index contributed by atoms with van der Waals surface area (Å²) < 4.78 is 48.9. The van der Waals surface area contributed by atoms with Crippen molar-refractivity contribution >= 4 is 5.82 Å². The Balaban J connectivity index is 2.65. The third-order valence-corrected chi connectivity index (χ3v) is 2.85. The Morgan fingerprint density at radius 2 is 1.81 bits per heavy atom. The van der Waals surface area contributed by atoms with Crippen molar-refractivity contribution in [1.82, 2.24) is 4.98 Å². The molecule has 0 aliphatic carbocycles. The first-order valence-electron chi connectivity index (χ1n) is 5.93. The Morgan fingerprint density at radius 3 is 2.38 bits per heavy atom. The van der Waals surface area contributed by atoms with E-state index in [1.165, 1.54) is 14.2 Å². The van der Waals surface area contributed by atoms with E-state index in [1.807, 2.05) is 0 Å². The van der Waals surface area contributed by atoms with Gasteiger partial charge in [0, 0.05) is 5.56 Å². The molecule has 0 radical (unpaired) electrons. The highest BCUT2D eigenvalue weighted by Crippen LogP contribution is 2.39. The standard InChI is InChI=1S/C14H13F3N2O2/c1-20-11-5-3-4-9(13(11)21-2)10-6-8(14(15,16)17)7-12(18)19-10/h3-7H,1-2H3,(H2,18,19). The molecular weight excluding hydrogens is 285 g/mol. The number of hydrogen-bond acceptors (Lipinski definition) is 4. The average Bonchev–Trinajstić information content (AvgIpc) is 2.44. The van der Waals surface area contributed by atoms with Crippen LogP contribution in [0.2, 0.25) is 0 Å². The molecule has 0 amide bonds. The van der Waals surface area contributed by atoms with Crippen LogP contribution in [-0.2, 0) is 6.18 Å². The van der Waals surface area contributed by atoms with Gasteiger partial charge >= 0.3 is 6.18 Å². The summed E-state index contributed by atoms with van der Waals surface area (Å²) in [4.78, 5) is 3.94. The van der Waals surface area contributed by atoms with Gasteiger partial charge in [-0.25, -0.2) is 4.98 Å². The van der Waals surface area contributed by atoms with Crippen LogP contribution in [-0.4, -0.2) is 19.2 Å². The van der Waals surface area contributed by atoms with Crippen molar-refractivity contribution in [3.8, 4) is 22.8 Å². The van der Waals surface area contributed by atoms with Gasteiger partial charge in [-0.15, -0.1) is 0 Å². The maximum absolute atomic E-state index is 12.9. The van der Waals surface area contributed by atoms with Crippen LogP contribution in [0.15, 0.2) is 30.3 Å². The fraction of sp³-hybridized carbons (Fsp3) is 0.214. The maximum Gasteiger partial charge on any atom is 0.416 e. The number of aromatic nitrogens is 1. The number of para-hydroxylation sites is 1. The van der Waals surface area contributed by atoms with Gasteiger partial charge in [0.05, 0.1) is 25.5 Å². The molecule has 0 atom stereocenters. The summed E-state index contributed by atoms with van der Waals surface area (Å²) >= 11 is 0. The van der Waals surface area contributed by atoms with E-state index in [4.69, 9.17) is 15.2 Å². The van der Waals surface area contributed by atoms with Gasteiger partial charge in [-0.3, -0.25) is 0 Å². The Hall–Kier alpha value is -2.44. The maximum atomic E-state index is 12.9. The van der Waals surface area contributed by atoms with Crippen LogP contribution in [0.5, 0.6) is 11.5 Å². The number of rotatable bonds is 3. The number of benzene rings is 1. The number of ether oxygens (including phenoxy) is 2. The van der Waals surface area contributed by atoms with E-state index in [0.717, 1.165) is 12.1 Å². The quantitative estimate of drug-likeness (QED) is 0.944. The van der Waals surface area contributed by atoms with Crippen LogP contribution < -0.4 is 15.2 Å². The minimum Gasteiger partial charge on any atom is -0.493 e. The second-order valence-electron chi connectivity index (χ2n) is 4.20. The Morgan fingerprint density at radius 1 is 1.10 bits per heavy atom. The summed E-state index contributed by atoms with van der Waals surface area (Å²) in [5, 5.41) is 0. The number of anilines is 1. The number of nitrogens with zero attached hydrogens (tertiary/aromatic N) is 1. The lowest BCUT2D eigenvalue weighted by Gasteiger charge is -2.14. The largest absolute Gasteiger partial charge is 0.493 e. The number of nitrogen functional groups attached to an aromatic ring is 1. The van der Waals surface area contributed by atoms with E-state index < -0.39 is 11.7 Å². The van der Waals surface area contributed by atoms with Gasteiger partial charge in [0.2, 0.25) is 0 Å². The zero-order valence-electron chi connectivity index (χ0n) is 11.4. The zero-order valence-corrected chi connectivity index (χ0v) is 11.4. The molecule has 0 spiro atoms. The molecule has 0 saturated carbocycles. The average molecular weight is 298 g/mol. The normalized spacial score (nSPS) is 11.3. The molecule has 1 aromatic heterocycles. The summed E-state index contributed by atoms with van der Waals surface area (Å²) in [6, 6.07) is 6.57. The number of alkyl halides is 3. The molecule has 0 bridgehead atoms. The summed E-state index contributed by atoms with van der Waals surface area (Å²) in [6.07, 6.45) is -4.50. The molecule has 0 aliphatic rings. The molecule has 0 unspecified atom stereocenters. The fourth-order valence-electron chi connectivity index (χ4n) is 1.94. The highest BCUT2D eigenvalue weighted by Gasteiger charge is 2.32. The van der Waals surface area contributed by atoms with Crippen molar-refractivity contribution in [3.63, 3.8) is 0 Å². The first-order chi connectivity index (χ1) is 9.86. The first-order valence-corrected chi connectivity index (χ1v) is 5.93. The molecule has 2 N–H and O–H groups in total. The van der Waals surface area contributed by atoms with E-state index in [0.29, 0.717) is 17.1 Å². The van der Waals surface area contributed by atoms with Crippen LogP contribution in [0.3, 0.4) is 0 Å². The molecule has 2 aromatic rings. The molecule has 1 aromatic carbocycles. The minimum absolute atomic E-state index is 0.0677. The van der Waals surface area contributed by atoms with E-state index >= 15 is 0 Å². The van der Waals surface area contributed by atoms with Gasteiger partial charge in [0.25, 0.3) is 0 Å². The predicted octanol–water partition coefficient (Wildman–Crippen LogP) is 3.37. The van der Waals surface area contributed by atoms with E-state index in [2.05, 4.69) is 4.98 Å². The van der Waals surface area contributed by atoms with Crippen molar-refractivity contribution < 1.29 is 22.6 Å². The first kappa shape index (κ1) is 15.0. The van der Waals surface area contributed by atoms with Crippen LogP contribution in [0.4, 0.5) is 19.0 Å². The fourth-order valence-corrected chi connectivity index (χ4v) is 1.94. The third-order valence-electron chi connectivity index (χ3n) is 2.85. The molecule has 4 nitrogen and oxygen atoms in total. The van der Waals surface area contributed by atoms with Crippen LogP contribution >= 0.6 is 0 Å². The monoisotopic (exact) mass is 298 g/mol. The van der Waals surface area contributed by atoms with E-state index in [9.17, 15) is 13.2 Å². The summed E-state index contributed by atoms with van der Waals surface area (Å²) in [6.45, 7) is 0. The topological polar surface area (TPSA) is 57.4 Å². The van der Waals surface area contributed by atoms with E-state index in [1.54, 1.807) is 18.2 Å². The summed E-state index contributed by atoms with van der Waals surface area (Å²) in [7, 11) is 2.84. The number of nitrogens with two attached hydrogens (primary N) is 1. The predicted molar refractivity (Wildman–Crippen MR) is 72.2 cm³/mol. The molecule has 2 rings (SSSR count).